The monoisotopic (exact) mass is 394 g/mol. The standard InChI is InChI=1S/C19H17Cl2FN2O2/c1-9(25)15-8-13(11-3-2-4-14(21)17(11)22)19(24-15)12-6-5-10(20)7-16(12)23-18(19)26/h2-7,9,13,15,24-25H,8H2,1H3,(H,23,26)/t9-,13+,15?,19+/m0/s1. The number of fused-ring (bicyclic) bond motifs is 2. The van der Waals surface area contributed by atoms with Crippen LogP contribution in [0.5, 0.6) is 0 Å². The Morgan fingerprint density at radius 2 is 2.08 bits per heavy atom. The minimum Gasteiger partial charge on any atom is -0.392 e. The van der Waals surface area contributed by atoms with E-state index in [-0.39, 0.29) is 17.0 Å². The average molecular weight is 395 g/mol. The molecule has 4 rings (SSSR count). The number of halogens is 3. The second-order valence-electron chi connectivity index (χ2n) is 6.87. The van der Waals surface area contributed by atoms with Crippen LogP contribution in [0.1, 0.15) is 30.4 Å². The maximum absolute atomic E-state index is 14.8. The molecule has 4 atom stereocenters. The van der Waals surface area contributed by atoms with Crippen molar-refractivity contribution in [3.63, 3.8) is 0 Å². The van der Waals surface area contributed by atoms with Gasteiger partial charge >= 0.3 is 0 Å². The zero-order valence-corrected chi connectivity index (χ0v) is 15.4. The summed E-state index contributed by atoms with van der Waals surface area (Å²) in [6.45, 7) is 1.65. The predicted octanol–water partition coefficient (Wildman–Crippen LogP) is 3.81. The van der Waals surface area contributed by atoms with Gasteiger partial charge < -0.3 is 10.4 Å². The van der Waals surface area contributed by atoms with Gasteiger partial charge in [0.15, 0.2) is 0 Å². The number of nitrogens with one attached hydrogen (secondary N) is 2. The quantitative estimate of drug-likeness (QED) is 0.725. The fourth-order valence-corrected chi connectivity index (χ4v) is 4.50. The fourth-order valence-electron chi connectivity index (χ4n) is 4.15. The number of aliphatic hydroxyl groups excluding tert-OH is 1. The highest BCUT2D eigenvalue weighted by Crippen LogP contribution is 2.52. The smallest absolute Gasteiger partial charge is 0.250 e. The minimum absolute atomic E-state index is 0.00730. The summed E-state index contributed by atoms with van der Waals surface area (Å²) in [5.74, 6) is -1.35. The van der Waals surface area contributed by atoms with Crippen LogP contribution in [-0.2, 0) is 10.3 Å². The van der Waals surface area contributed by atoms with Gasteiger partial charge in [0, 0.05) is 28.2 Å². The average Bonchev–Trinajstić information content (AvgIpc) is 3.10. The maximum Gasteiger partial charge on any atom is 0.250 e. The first-order chi connectivity index (χ1) is 12.3. The van der Waals surface area contributed by atoms with E-state index in [1.807, 2.05) is 0 Å². The third kappa shape index (κ3) is 2.46. The number of amides is 1. The van der Waals surface area contributed by atoms with Crippen molar-refractivity contribution in [3.8, 4) is 0 Å². The van der Waals surface area contributed by atoms with Gasteiger partial charge in [-0.25, -0.2) is 4.39 Å². The summed E-state index contributed by atoms with van der Waals surface area (Å²) < 4.78 is 14.8. The van der Waals surface area contributed by atoms with Crippen molar-refractivity contribution in [2.24, 2.45) is 0 Å². The fraction of sp³-hybridized carbons (Fsp3) is 0.316. The lowest BCUT2D eigenvalue weighted by atomic mass is 9.76. The summed E-state index contributed by atoms with van der Waals surface area (Å²) in [7, 11) is 0. The molecule has 2 aliphatic rings. The van der Waals surface area contributed by atoms with Crippen LogP contribution in [0.4, 0.5) is 10.1 Å². The molecule has 0 aliphatic carbocycles. The Labute approximate surface area is 160 Å². The van der Waals surface area contributed by atoms with E-state index in [9.17, 15) is 14.3 Å². The molecule has 1 unspecified atom stereocenters. The van der Waals surface area contributed by atoms with Gasteiger partial charge in [-0.05, 0) is 37.1 Å². The van der Waals surface area contributed by atoms with Crippen LogP contribution >= 0.6 is 23.2 Å². The number of carbonyl (C=O) groups excluding carboxylic acids is 1. The third-order valence-corrected chi connectivity index (χ3v) is 5.90. The Hall–Kier alpha value is -1.66. The number of carbonyl (C=O) groups is 1. The Morgan fingerprint density at radius 3 is 2.81 bits per heavy atom. The lowest BCUT2D eigenvalue weighted by Gasteiger charge is -2.31. The van der Waals surface area contributed by atoms with E-state index in [1.54, 1.807) is 37.3 Å². The van der Waals surface area contributed by atoms with E-state index >= 15 is 0 Å². The second-order valence-corrected chi connectivity index (χ2v) is 7.72. The Kier molecular flexibility index (Phi) is 4.23. The van der Waals surface area contributed by atoms with Crippen molar-refractivity contribution in [2.45, 2.75) is 36.9 Å². The maximum atomic E-state index is 14.8. The number of rotatable bonds is 2. The molecular weight excluding hydrogens is 378 g/mol. The van der Waals surface area contributed by atoms with Crippen LogP contribution in [0.2, 0.25) is 10.0 Å². The molecule has 0 bridgehead atoms. The van der Waals surface area contributed by atoms with Crippen LogP contribution < -0.4 is 10.6 Å². The molecule has 2 aromatic carbocycles. The molecule has 3 N–H and O–H groups in total. The van der Waals surface area contributed by atoms with E-state index in [1.165, 1.54) is 6.07 Å². The highest BCUT2D eigenvalue weighted by molar-refractivity contribution is 6.31. The van der Waals surface area contributed by atoms with Gasteiger partial charge in [0.05, 0.1) is 11.1 Å². The minimum atomic E-state index is -1.19. The lowest BCUT2D eigenvalue weighted by molar-refractivity contribution is -0.122. The lowest BCUT2D eigenvalue weighted by Crippen LogP contribution is -2.50. The number of hydrogen-bond acceptors (Lipinski definition) is 3. The van der Waals surface area contributed by atoms with Crippen LogP contribution in [0, 0.1) is 5.82 Å². The molecule has 4 nitrogen and oxygen atoms in total. The van der Waals surface area contributed by atoms with Crippen molar-refractivity contribution in [1.82, 2.24) is 5.32 Å². The molecule has 1 spiro atoms. The highest BCUT2D eigenvalue weighted by Gasteiger charge is 2.59. The summed E-state index contributed by atoms with van der Waals surface area (Å²) >= 11 is 12.0. The molecule has 1 fully saturated rings. The number of aliphatic hydroxyl groups is 1. The zero-order valence-electron chi connectivity index (χ0n) is 13.9. The Balaban J connectivity index is 1.93. The Morgan fingerprint density at radius 1 is 1.31 bits per heavy atom. The summed E-state index contributed by atoms with van der Waals surface area (Å²) in [5.41, 5.74) is 0.451. The van der Waals surface area contributed by atoms with Gasteiger partial charge in [-0.1, -0.05) is 41.4 Å². The third-order valence-electron chi connectivity index (χ3n) is 5.38. The number of benzene rings is 2. The first kappa shape index (κ1) is 17.7. The molecule has 0 radical (unpaired) electrons. The molecule has 1 amide bonds. The van der Waals surface area contributed by atoms with Crippen molar-refractivity contribution in [2.75, 3.05) is 5.32 Å². The van der Waals surface area contributed by atoms with Gasteiger partial charge in [-0.3, -0.25) is 10.1 Å². The SMILES string of the molecule is C[C@H](O)C1C[C@H](c2cccc(Cl)c2F)[C@@]2(N1)C(=O)Nc1cc(Cl)ccc12. The molecule has 136 valence electrons. The predicted molar refractivity (Wildman–Crippen MR) is 99.1 cm³/mol. The largest absolute Gasteiger partial charge is 0.392 e. The van der Waals surface area contributed by atoms with Gasteiger partial charge in [-0.2, -0.15) is 0 Å². The number of anilines is 1. The van der Waals surface area contributed by atoms with Crippen LogP contribution in [-0.4, -0.2) is 23.2 Å². The van der Waals surface area contributed by atoms with Crippen LogP contribution in [0.25, 0.3) is 0 Å². The first-order valence-electron chi connectivity index (χ1n) is 8.35. The number of hydrogen-bond donors (Lipinski definition) is 3. The molecule has 0 aromatic heterocycles. The van der Waals surface area contributed by atoms with Gasteiger partial charge in [0.2, 0.25) is 5.91 Å². The molecule has 1 saturated heterocycles. The Bertz CT molecular complexity index is 905. The summed E-state index contributed by atoms with van der Waals surface area (Å²) in [6, 6.07) is 9.55. The molecule has 7 heteroatoms. The zero-order chi connectivity index (χ0) is 18.6. The van der Waals surface area contributed by atoms with Crippen LogP contribution in [0.15, 0.2) is 36.4 Å². The molecule has 2 aromatic rings. The van der Waals surface area contributed by atoms with E-state index in [0.717, 1.165) is 0 Å². The van der Waals surface area contributed by atoms with E-state index < -0.39 is 23.4 Å². The van der Waals surface area contributed by atoms with E-state index in [0.29, 0.717) is 28.3 Å². The summed E-state index contributed by atoms with van der Waals surface area (Å²) in [5, 5.41) is 16.7. The molecule has 26 heavy (non-hydrogen) atoms. The van der Waals surface area contributed by atoms with Gasteiger partial charge in [0.1, 0.15) is 11.4 Å². The molecule has 2 aliphatic heterocycles. The van der Waals surface area contributed by atoms with Crippen molar-refractivity contribution in [1.29, 1.82) is 0 Å². The van der Waals surface area contributed by atoms with Crippen LogP contribution in [0.3, 0.4) is 0 Å². The topological polar surface area (TPSA) is 61.4 Å². The summed E-state index contributed by atoms with van der Waals surface area (Å²) in [4.78, 5) is 13.1. The van der Waals surface area contributed by atoms with E-state index in [4.69, 9.17) is 23.2 Å². The van der Waals surface area contributed by atoms with Gasteiger partial charge in [0.25, 0.3) is 0 Å². The van der Waals surface area contributed by atoms with E-state index in [2.05, 4.69) is 10.6 Å². The van der Waals surface area contributed by atoms with Gasteiger partial charge in [-0.15, -0.1) is 0 Å². The first-order valence-corrected chi connectivity index (χ1v) is 9.11. The highest BCUT2D eigenvalue weighted by atomic mass is 35.5. The normalized spacial score (nSPS) is 28.3. The molecule has 0 saturated carbocycles. The summed E-state index contributed by atoms with van der Waals surface area (Å²) in [6.07, 6.45) is -0.312. The van der Waals surface area contributed by atoms with Crippen molar-refractivity contribution < 1.29 is 14.3 Å². The molecule has 2 heterocycles. The second kappa shape index (κ2) is 6.20. The van der Waals surface area contributed by atoms with Crippen molar-refractivity contribution >= 4 is 34.8 Å². The van der Waals surface area contributed by atoms with Crippen molar-refractivity contribution in [3.05, 3.63) is 63.4 Å². The molecular formula is C19H17Cl2FN2O2.